The van der Waals surface area contributed by atoms with E-state index in [4.69, 9.17) is 16.7 Å². The molecule has 19 heavy (non-hydrogen) atoms. The second-order valence-corrected chi connectivity index (χ2v) is 4.24. The van der Waals surface area contributed by atoms with Gasteiger partial charge >= 0.3 is 0 Å². The van der Waals surface area contributed by atoms with Crippen LogP contribution in [0.5, 0.6) is 5.75 Å². The summed E-state index contributed by atoms with van der Waals surface area (Å²) in [5.74, 6) is -0.239. The Bertz CT molecular complexity index is 609. The van der Waals surface area contributed by atoms with Crippen LogP contribution >= 0.6 is 11.6 Å². The van der Waals surface area contributed by atoms with Gasteiger partial charge in [-0.1, -0.05) is 23.7 Å². The number of phenols is 1. The average Bonchev–Trinajstić information content (AvgIpc) is 2.39. The van der Waals surface area contributed by atoms with Crippen molar-refractivity contribution in [1.29, 1.82) is 0 Å². The molecule has 0 atom stereocenters. The van der Waals surface area contributed by atoms with Crippen LogP contribution in [0, 0.1) is 0 Å². The fourth-order valence-electron chi connectivity index (χ4n) is 1.43. The number of hydrazone groups is 1. The molecule has 5 heteroatoms. The zero-order chi connectivity index (χ0) is 13.7. The van der Waals surface area contributed by atoms with Gasteiger partial charge in [0, 0.05) is 10.6 Å². The van der Waals surface area contributed by atoms with Crippen molar-refractivity contribution < 1.29 is 9.90 Å². The molecule has 0 fully saturated rings. The molecule has 0 radical (unpaired) electrons. The highest BCUT2D eigenvalue weighted by Crippen LogP contribution is 2.10. The summed E-state index contributed by atoms with van der Waals surface area (Å²) in [4.78, 5) is 11.7. The van der Waals surface area contributed by atoms with Crippen LogP contribution in [0.3, 0.4) is 0 Å². The minimum absolute atomic E-state index is 0.110. The van der Waals surface area contributed by atoms with Gasteiger partial charge in [-0.2, -0.15) is 5.10 Å². The largest absolute Gasteiger partial charge is 0.508 e. The zero-order valence-corrected chi connectivity index (χ0v) is 10.6. The summed E-state index contributed by atoms with van der Waals surface area (Å²) in [7, 11) is 0. The van der Waals surface area contributed by atoms with Gasteiger partial charge in [0.1, 0.15) is 5.75 Å². The first-order chi connectivity index (χ1) is 9.15. The molecule has 0 bridgehead atoms. The molecule has 2 aromatic carbocycles. The van der Waals surface area contributed by atoms with Crippen LogP contribution in [0.15, 0.2) is 53.6 Å². The van der Waals surface area contributed by atoms with Gasteiger partial charge in [-0.05, 0) is 42.0 Å². The third-order valence-electron chi connectivity index (χ3n) is 2.36. The SMILES string of the molecule is O=C(NN=Cc1cccc(Cl)c1)c1ccc(O)cc1. The van der Waals surface area contributed by atoms with Gasteiger partial charge in [0.05, 0.1) is 6.21 Å². The maximum atomic E-state index is 11.7. The third-order valence-corrected chi connectivity index (χ3v) is 2.59. The molecule has 0 aromatic heterocycles. The summed E-state index contributed by atoms with van der Waals surface area (Å²) in [6, 6.07) is 13.0. The fourth-order valence-corrected chi connectivity index (χ4v) is 1.63. The quantitative estimate of drug-likeness (QED) is 0.668. The molecule has 1 amide bonds. The number of hydrogen-bond acceptors (Lipinski definition) is 3. The van der Waals surface area contributed by atoms with Crippen molar-refractivity contribution in [2.45, 2.75) is 0 Å². The molecule has 0 aliphatic carbocycles. The van der Waals surface area contributed by atoms with E-state index in [0.717, 1.165) is 5.56 Å². The Morgan fingerprint density at radius 1 is 1.21 bits per heavy atom. The smallest absolute Gasteiger partial charge is 0.271 e. The van der Waals surface area contributed by atoms with Gasteiger partial charge in [-0.25, -0.2) is 5.43 Å². The van der Waals surface area contributed by atoms with E-state index in [9.17, 15) is 4.79 Å². The minimum atomic E-state index is -0.349. The Morgan fingerprint density at radius 2 is 1.95 bits per heavy atom. The topological polar surface area (TPSA) is 61.7 Å². The number of halogens is 1. The van der Waals surface area contributed by atoms with Crippen molar-refractivity contribution >= 4 is 23.7 Å². The van der Waals surface area contributed by atoms with Crippen LogP contribution < -0.4 is 5.43 Å². The van der Waals surface area contributed by atoms with Gasteiger partial charge in [-0.3, -0.25) is 4.79 Å². The van der Waals surface area contributed by atoms with Gasteiger partial charge in [0.15, 0.2) is 0 Å². The summed E-state index contributed by atoms with van der Waals surface area (Å²) in [6.45, 7) is 0. The van der Waals surface area contributed by atoms with E-state index in [2.05, 4.69) is 10.5 Å². The second-order valence-electron chi connectivity index (χ2n) is 3.80. The first kappa shape index (κ1) is 13.1. The molecule has 2 rings (SSSR count). The van der Waals surface area contributed by atoms with Crippen LogP contribution in [0.25, 0.3) is 0 Å². The van der Waals surface area contributed by atoms with Crippen molar-refractivity contribution in [3.05, 3.63) is 64.7 Å². The second kappa shape index (κ2) is 6.02. The monoisotopic (exact) mass is 274 g/mol. The molecule has 0 aliphatic rings. The van der Waals surface area contributed by atoms with Crippen LogP contribution in [-0.2, 0) is 0 Å². The summed E-state index contributed by atoms with van der Waals surface area (Å²) in [5, 5.41) is 13.6. The molecule has 0 unspecified atom stereocenters. The summed E-state index contributed by atoms with van der Waals surface area (Å²) < 4.78 is 0. The van der Waals surface area contributed by atoms with Crippen molar-refractivity contribution in [2.75, 3.05) is 0 Å². The molecule has 0 saturated carbocycles. The highest BCUT2D eigenvalue weighted by Gasteiger charge is 2.03. The number of benzene rings is 2. The predicted octanol–water partition coefficient (Wildman–Crippen LogP) is 2.81. The highest BCUT2D eigenvalue weighted by molar-refractivity contribution is 6.30. The van der Waals surface area contributed by atoms with Crippen LogP contribution in [0.4, 0.5) is 0 Å². The number of carbonyl (C=O) groups is 1. The number of nitrogens with zero attached hydrogens (tertiary/aromatic N) is 1. The van der Waals surface area contributed by atoms with E-state index in [1.54, 1.807) is 18.2 Å². The van der Waals surface area contributed by atoms with Crippen molar-refractivity contribution in [1.82, 2.24) is 5.43 Å². The lowest BCUT2D eigenvalue weighted by molar-refractivity contribution is 0.0955. The van der Waals surface area contributed by atoms with Gasteiger partial charge in [0.2, 0.25) is 0 Å². The van der Waals surface area contributed by atoms with E-state index in [1.807, 2.05) is 6.07 Å². The van der Waals surface area contributed by atoms with Crippen LogP contribution in [0.1, 0.15) is 15.9 Å². The third kappa shape index (κ3) is 3.82. The first-order valence-corrected chi connectivity index (χ1v) is 5.91. The van der Waals surface area contributed by atoms with E-state index >= 15 is 0 Å². The molecular weight excluding hydrogens is 264 g/mol. The molecule has 2 aromatic rings. The minimum Gasteiger partial charge on any atom is -0.508 e. The van der Waals surface area contributed by atoms with Gasteiger partial charge < -0.3 is 5.11 Å². The first-order valence-electron chi connectivity index (χ1n) is 5.53. The molecule has 96 valence electrons. The molecule has 2 N–H and O–H groups in total. The van der Waals surface area contributed by atoms with Crippen molar-refractivity contribution in [2.24, 2.45) is 5.10 Å². The highest BCUT2D eigenvalue weighted by atomic mass is 35.5. The summed E-state index contributed by atoms with van der Waals surface area (Å²) in [6.07, 6.45) is 1.50. The summed E-state index contributed by atoms with van der Waals surface area (Å²) >= 11 is 5.82. The maximum Gasteiger partial charge on any atom is 0.271 e. The lowest BCUT2D eigenvalue weighted by Gasteiger charge is -2.00. The molecule has 0 saturated heterocycles. The molecule has 0 heterocycles. The lowest BCUT2D eigenvalue weighted by Crippen LogP contribution is -2.17. The van der Waals surface area contributed by atoms with Crippen molar-refractivity contribution in [3.63, 3.8) is 0 Å². The number of phenolic OH excluding ortho intramolecular Hbond substituents is 1. The average molecular weight is 275 g/mol. The summed E-state index contributed by atoms with van der Waals surface area (Å²) in [5.41, 5.74) is 3.60. The number of hydrogen-bond donors (Lipinski definition) is 2. The Labute approximate surface area is 115 Å². The fraction of sp³-hybridized carbons (Fsp3) is 0. The lowest BCUT2D eigenvalue weighted by atomic mass is 10.2. The number of amides is 1. The van der Waals surface area contributed by atoms with E-state index in [1.165, 1.54) is 30.5 Å². The number of rotatable bonds is 3. The standard InChI is InChI=1S/C14H11ClN2O2/c15-12-3-1-2-10(8-12)9-16-17-14(19)11-4-6-13(18)7-5-11/h1-9,18H,(H,17,19). The molecule has 0 aliphatic heterocycles. The van der Waals surface area contributed by atoms with E-state index in [-0.39, 0.29) is 11.7 Å². The Kier molecular flexibility index (Phi) is 4.15. The number of aromatic hydroxyl groups is 1. The normalized spacial score (nSPS) is 10.6. The molecular formula is C14H11ClN2O2. The number of carbonyl (C=O) groups excluding carboxylic acids is 1. The van der Waals surface area contributed by atoms with Crippen molar-refractivity contribution in [3.8, 4) is 5.75 Å². The maximum absolute atomic E-state index is 11.7. The van der Waals surface area contributed by atoms with E-state index in [0.29, 0.717) is 10.6 Å². The Hall–Kier alpha value is -2.33. The zero-order valence-electron chi connectivity index (χ0n) is 9.88. The molecule has 4 nitrogen and oxygen atoms in total. The van der Waals surface area contributed by atoms with E-state index < -0.39 is 0 Å². The van der Waals surface area contributed by atoms with Gasteiger partial charge in [-0.15, -0.1) is 0 Å². The predicted molar refractivity (Wildman–Crippen MR) is 74.6 cm³/mol. The van der Waals surface area contributed by atoms with Crippen LogP contribution in [-0.4, -0.2) is 17.2 Å². The van der Waals surface area contributed by atoms with Gasteiger partial charge in [0.25, 0.3) is 5.91 Å². The number of nitrogens with one attached hydrogen (secondary N) is 1. The van der Waals surface area contributed by atoms with Crippen LogP contribution in [0.2, 0.25) is 5.02 Å². The molecule has 0 spiro atoms. The Morgan fingerprint density at radius 3 is 2.63 bits per heavy atom. The Balaban J connectivity index is 1.98.